The molecular formula is C20H29NO3. The number of hydrogen-bond acceptors (Lipinski definition) is 3. The Hall–Kier alpha value is -1.84. The van der Waals surface area contributed by atoms with Crippen LogP contribution in [0.15, 0.2) is 24.3 Å². The van der Waals surface area contributed by atoms with Crippen LogP contribution in [0.25, 0.3) is 0 Å². The van der Waals surface area contributed by atoms with Crippen LogP contribution >= 0.6 is 0 Å². The van der Waals surface area contributed by atoms with Crippen LogP contribution in [0.1, 0.15) is 69.8 Å². The monoisotopic (exact) mass is 331 g/mol. The molecule has 2 rings (SSSR count). The molecule has 132 valence electrons. The molecule has 2 atom stereocenters. The molecule has 0 radical (unpaired) electrons. The van der Waals surface area contributed by atoms with Gasteiger partial charge in [0.05, 0.1) is 5.56 Å². The first-order chi connectivity index (χ1) is 11.2. The Labute approximate surface area is 145 Å². The van der Waals surface area contributed by atoms with Crippen molar-refractivity contribution in [1.82, 2.24) is 4.90 Å². The van der Waals surface area contributed by atoms with E-state index in [1.54, 1.807) is 12.1 Å². The number of piperidine rings is 1. The molecule has 1 aliphatic heterocycles. The van der Waals surface area contributed by atoms with Crippen molar-refractivity contribution in [2.24, 2.45) is 0 Å². The molecule has 0 spiro atoms. The zero-order chi connectivity index (χ0) is 17.9. The minimum absolute atomic E-state index is 0.0406. The summed E-state index contributed by atoms with van der Waals surface area (Å²) in [5.41, 5.74) is 1.68. The fourth-order valence-corrected chi connectivity index (χ4v) is 3.30. The van der Waals surface area contributed by atoms with Crippen LogP contribution in [0, 0.1) is 0 Å². The number of ether oxygens (including phenoxy) is 1. The lowest BCUT2D eigenvalue weighted by molar-refractivity contribution is -0.140. The van der Waals surface area contributed by atoms with Gasteiger partial charge in [0.15, 0.2) is 6.61 Å². The van der Waals surface area contributed by atoms with Crippen molar-refractivity contribution in [1.29, 1.82) is 0 Å². The molecule has 0 bridgehead atoms. The predicted molar refractivity (Wildman–Crippen MR) is 95.0 cm³/mol. The highest BCUT2D eigenvalue weighted by Gasteiger charge is 2.29. The summed E-state index contributed by atoms with van der Waals surface area (Å²) in [7, 11) is 0. The maximum atomic E-state index is 12.4. The third-order valence-electron chi connectivity index (χ3n) is 4.79. The highest BCUT2D eigenvalue weighted by molar-refractivity contribution is 5.91. The van der Waals surface area contributed by atoms with Gasteiger partial charge in [0.1, 0.15) is 0 Å². The van der Waals surface area contributed by atoms with Crippen molar-refractivity contribution in [3.63, 3.8) is 0 Å². The van der Waals surface area contributed by atoms with Crippen molar-refractivity contribution < 1.29 is 14.3 Å². The van der Waals surface area contributed by atoms with Crippen LogP contribution < -0.4 is 0 Å². The lowest BCUT2D eigenvalue weighted by Crippen LogP contribution is -2.49. The van der Waals surface area contributed by atoms with Gasteiger partial charge < -0.3 is 9.64 Å². The van der Waals surface area contributed by atoms with E-state index in [1.165, 1.54) is 0 Å². The van der Waals surface area contributed by atoms with E-state index in [-0.39, 0.29) is 30.0 Å². The summed E-state index contributed by atoms with van der Waals surface area (Å²) in [6, 6.07) is 7.83. The molecule has 24 heavy (non-hydrogen) atoms. The molecule has 4 heteroatoms. The van der Waals surface area contributed by atoms with Crippen molar-refractivity contribution in [3.05, 3.63) is 35.4 Å². The van der Waals surface area contributed by atoms with E-state index in [9.17, 15) is 9.59 Å². The Morgan fingerprint density at radius 1 is 1.08 bits per heavy atom. The number of hydrogen-bond donors (Lipinski definition) is 0. The SMILES string of the molecule is C[C@H]1CCC[C@H](C)N1C(=O)COC(=O)c1ccc(C(C)(C)C)cc1. The Balaban J connectivity index is 1.94. The number of benzene rings is 1. The minimum atomic E-state index is -0.443. The van der Waals surface area contributed by atoms with Gasteiger partial charge in [-0.05, 0) is 56.2 Å². The second kappa shape index (κ2) is 7.37. The van der Waals surface area contributed by atoms with E-state index in [2.05, 4.69) is 34.6 Å². The number of likely N-dealkylation sites (tertiary alicyclic amines) is 1. The molecule has 1 amide bonds. The first-order valence-electron chi connectivity index (χ1n) is 8.79. The van der Waals surface area contributed by atoms with Crippen molar-refractivity contribution >= 4 is 11.9 Å². The van der Waals surface area contributed by atoms with E-state index in [0.29, 0.717) is 5.56 Å². The summed E-state index contributed by atoms with van der Waals surface area (Å²) in [6.07, 6.45) is 3.17. The van der Waals surface area contributed by atoms with Crippen LogP contribution in [-0.4, -0.2) is 35.5 Å². The van der Waals surface area contributed by atoms with Crippen molar-refractivity contribution in [2.45, 2.75) is 71.4 Å². The van der Waals surface area contributed by atoms with Gasteiger partial charge in [-0.3, -0.25) is 4.79 Å². The third kappa shape index (κ3) is 4.37. The number of nitrogens with zero attached hydrogens (tertiary/aromatic N) is 1. The van der Waals surface area contributed by atoms with Crippen LogP contribution in [0.5, 0.6) is 0 Å². The van der Waals surface area contributed by atoms with E-state index in [0.717, 1.165) is 24.8 Å². The quantitative estimate of drug-likeness (QED) is 0.788. The summed E-state index contributed by atoms with van der Waals surface area (Å²) < 4.78 is 5.24. The first-order valence-corrected chi connectivity index (χ1v) is 8.79. The summed E-state index contributed by atoms with van der Waals surface area (Å²) in [4.78, 5) is 26.4. The normalized spacial score (nSPS) is 21.5. The number of esters is 1. The average Bonchev–Trinajstić information content (AvgIpc) is 2.51. The van der Waals surface area contributed by atoms with Gasteiger partial charge in [-0.15, -0.1) is 0 Å². The molecule has 1 saturated heterocycles. The van der Waals surface area contributed by atoms with Crippen molar-refractivity contribution in [2.75, 3.05) is 6.61 Å². The lowest BCUT2D eigenvalue weighted by atomic mass is 9.87. The zero-order valence-corrected chi connectivity index (χ0v) is 15.5. The maximum absolute atomic E-state index is 12.4. The molecular weight excluding hydrogens is 302 g/mol. The van der Waals surface area contributed by atoms with Crippen LogP contribution in [0.2, 0.25) is 0 Å². The van der Waals surface area contributed by atoms with Gasteiger partial charge in [0.25, 0.3) is 5.91 Å². The first kappa shape index (κ1) is 18.5. The molecule has 0 unspecified atom stereocenters. The Bertz CT molecular complexity index is 576. The van der Waals surface area contributed by atoms with Gasteiger partial charge in [0, 0.05) is 12.1 Å². The largest absolute Gasteiger partial charge is 0.452 e. The van der Waals surface area contributed by atoms with E-state index in [1.807, 2.05) is 17.0 Å². The van der Waals surface area contributed by atoms with Crippen LogP contribution in [0.4, 0.5) is 0 Å². The topological polar surface area (TPSA) is 46.6 Å². The number of rotatable bonds is 3. The van der Waals surface area contributed by atoms with E-state index >= 15 is 0 Å². The second-order valence-corrected chi connectivity index (χ2v) is 7.83. The Morgan fingerprint density at radius 2 is 1.62 bits per heavy atom. The van der Waals surface area contributed by atoms with Gasteiger partial charge >= 0.3 is 5.97 Å². The Kier molecular flexibility index (Phi) is 5.68. The van der Waals surface area contributed by atoms with E-state index in [4.69, 9.17) is 4.74 Å². The highest BCUT2D eigenvalue weighted by atomic mass is 16.5. The summed E-state index contributed by atoms with van der Waals surface area (Å²) in [5.74, 6) is -0.546. The molecule has 1 fully saturated rings. The highest BCUT2D eigenvalue weighted by Crippen LogP contribution is 2.23. The molecule has 0 saturated carbocycles. The molecule has 1 aromatic carbocycles. The Morgan fingerprint density at radius 3 is 2.12 bits per heavy atom. The second-order valence-electron chi connectivity index (χ2n) is 7.83. The predicted octanol–water partition coefficient (Wildman–Crippen LogP) is 3.93. The standard InChI is InChI=1S/C20H29NO3/c1-14-7-6-8-15(2)21(14)18(22)13-24-19(23)16-9-11-17(12-10-16)20(3,4)5/h9-12,14-15H,6-8,13H2,1-5H3/t14-,15-/m0/s1. The van der Waals surface area contributed by atoms with Gasteiger partial charge in [-0.1, -0.05) is 32.9 Å². The molecule has 1 heterocycles. The smallest absolute Gasteiger partial charge is 0.338 e. The molecule has 0 aliphatic carbocycles. The average molecular weight is 331 g/mol. The summed E-state index contributed by atoms with van der Waals surface area (Å²) >= 11 is 0. The lowest BCUT2D eigenvalue weighted by Gasteiger charge is -2.38. The number of amides is 1. The number of carbonyl (C=O) groups excluding carboxylic acids is 2. The zero-order valence-electron chi connectivity index (χ0n) is 15.5. The molecule has 4 nitrogen and oxygen atoms in total. The maximum Gasteiger partial charge on any atom is 0.338 e. The minimum Gasteiger partial charge on any atom is -0.452 e. The molecule has 0 N–H and O–H groups in total. The summed E-state index contributed by atoms with van der Waals surface area (Å²) in [6.45, 7) is 10.3. The molecule has 0 aromatic heterocycles. The van der Waals surface area contributed by atoms with Crippen LogP contribution in [-0.2, 0) is 14.9 Å². The molecule has 1 aromatic rings. The van der Waals surface area contributed by atoms with E-state index < -0.39 is 5.97 Å². The third-order valence-corrected chi connectivity index (χ3v) is 4.79. The summed E-state index contributed by atoms with van der Waals surface area (Å²) in [5, 5.41) is 0. The fraction of sp³-hybridized carbons (Fsp3) is 0.600. The van der Waals surface area contributed by atoms with Gasteiger partial charge in [-0.25, -0.2) is 4.79 Å². The van der Waals surface area contributed by atoms with Gasteiger partial charge in [-0.2, -0.15) is 0 Å². The van der Waals surface area contributed by atoms with Gasteiger partial charge in [0.2, 0.25) is 0 Å². The van der Waals surface area contributed by atoms with Crippen molar-refractivity contribution in [3.8, 4) is 0 Å². The number of carbonyl (C=O) groups is 2. The molecule has 1 aliphatic rings. The fourth-order valence-electron chi connectivity index (χ4n) is 3.30. The van der Waals surface area contributed by atoms with Crippen LogP contribution in [0.3, 0.4) is 0 Å².